The van der Waals surface area contributed by atoms with Crippen LogP contribution in [-0.2, 0) is 13.1 Å². The molecule has 9 nitrogen and oxygen atoms in total. The summed E-state index contributed by atoms with van der Waals surface area (Å²) >= 11 is 0. The SMILES string of the molecule is COc1ccc(N(Cc2ccnc(-c3cc(OC)c(OC)c(OC)c3)c2)C2CCN(Cc3ccnc(-c4ccccc4OC)c3)CC2)cc1.Cl.Cl.Cl. The van der Waals surface area contributed by atoms with Crippen LogP contribution in [0.4, 0.5) is 5.69 Å². The Morgan fingerprint density at radius 2 is 1.23 bits per heavy atom. The van der Waals surface area contributed by atoms with E-state index in [0.29, 0.717) is 23.3 Å². The van der Waals surface area contributed by atoms with Gasteiger partial charge in [-0.3, -0.25) is 14.9 Å². The van der Waals surface area contributed by atoms with Gasteiger partial charge in [-0.05, 0) is 96.8 Å². The topological polar surface area (TPSA) is 78.4 Å². The summed E-state index contributed by atoms with van der Waals surface area (Å²) < 4.78 is 27.8. The highest BCUT2D eigenvalue weighted by Gasteiger charge is 2.26. The van der Waals surface area contributed by atoms with E-state index in [9.17, 15) is 0 Å². The average molecular weight is 770 g/mol. The van der Waals surface area contributed by atoms with Crippen LogP contribution in [0.5, 0.6) is 28.7 Å². The highest BCUT2D eigenvalue weighted by molar-refractivity contribution is 5.86. The summed E-state index contributed by atoms with van der Waals surface area (Å²) in [4.78, 5) is 14.4. The van der Waals surface area contributed by atoms with Gasteiger partial charge < -0.3 is 28.6 Å². The summed E-state index contributed by atoms with van der Waals surface area (Å²) in [5.74, 6) is 3.42. The van der Waals surface area contributed by atoms with Gasteiger partial charge in [-0.25, -0.2) is 0 Å². The maximum Gasteiger partial charge on any atom is 0.203 e. The number of ether oxygens (including phenoxy) is 5. The van der Waals surface area contributed by atoms with Crippen LogP contribution in [0, 0.1) is 0 Å². The van der Waals surface area contributed by atoms with Crippen molar-refractivity contribution in [1.29, 1.82) is 0 Å². The number of methoxy groups -OCH3 is 5. The van der Waals surface area contributed by atoms with Crippen molar-refractivity contribution in [3.63, 3.8) is 0 Å². The van der Waals surface area contributed by atoms with Crippen molar-refractivity contribution in [2.24, 2.45) is 0 Å². The van der Waals surface area contributed by atoms with Crippen LogP contribution < -0.4 is 28.6 Å². The Balaban J connectivity index is 0.00000243. The summed E-state index contributed by atoms with van der Waals surface area (Å²) in [7, 11) is 8.26. The van der Waals surface area contributed by atoms with Gasteiger partial charge in [-0.15, -0.1) is 37.2 Å². The lowest BCUT2D eigenvalue weighted by atomic mass is 10.00. The van der Waals surface area contributed by atoms with E-state index in [-0.39, 0.29) is 37.2 Å². The van der Waals surface area contributed by atoms with Crippen molar-refractivity contribution in [3.05, 3.63) is 108 Å². The molecule has 6 rings (SSSR count). The number of likely N-dealkylation sites (tertiary alicyclic amines) is 1. The normalized spacial score (nSPS) is 12.7. The zero-order valence-electron chi connectivity index (χ0n) is 30.1. The van der Waals surface area contributed by atoms with E-state index < -0.39 is 0 Å². The Bertz CT molecular complexity index is 1830. The molecule has 0 aliphatic carbocycles. The number of hydrogen-bond donors (Lipinski definition) is 0. The number of nitrogens with zero attached hydrogens (tertiary/aromatic N) is 4. The smallest absolute Gasteiger partial charge is 0.203 e. The minimum absolute atomic E-state index is 0. The van der Waals surface area contributed by atoms with Gasteiger partial charge in [0.05, 0.1) is 46.9 Å². The average Bonchev–Trinajstić information content (AvgIpc) is 3.17. The van der Waals surface area contributed by atoms with Crippen LogP contribution >= 0.6 is 37.2 Å². The van der Waals surface area contributed by atoms with E-state index in [2.05, 4.69) is 57.2 Å². The van der Waals surface area contributed by atoms with Crippen molar-refractivity contribution in [1.82, 2.24) is 14.9 Å². The van der Waals surface area contributed by atoms with Gasteiger partial charge in [0.1, 0.15) is 11.5 Å². The van der Waals surface area contributed by atoms with Gasteiger partial charge in [0.15, 0.2) is 11.5 Å². The van der Waals surface area contributed by atoms with E-state index in [1.165, 1.54) is 11.3 Å². The van der Waals surface area contributed by atoms with Gasteiger partial charge in [0.2, 0.25) is 5.75 Å². The van der Waals surface area contributed by atoms with Crippen molar-refractivity contribution < 1.29 is 23.7 Å². The highest BCUT2D eigenvalue weighted by Crippen LogP contribution is 2.41. The second-order valence-corrected chi connectivity index (χ2v) is 12.0. The highest BCUT2D eigenvalue weighted by atomic mass is 35.5. The Kier molecular flexibility index (Phi) is 16.2. The summed E-state index contributed by atoms with van der Waals surface area (Å²) in [6.07, 6.45) is 5.86. The maximum atomic E-state index is 5.61. The Morgan fingerprint density at radius 3 is 1.85 bits per heavy atom. The van der Waals surface area contributed by atoms with Crippen LogP contribution in [-0.4, -0.2) is 69.5 Å². The predicted molar refractivity (Wildman–Crippen MR) is 215 cm³/mol. The number of hydrogen-bond acceptors (Lipinski definition) is 9. The molecule has 278 valence electrons. The fourth-order valence-corrected chi connectivity index (χ4v) is 6.58. The monoisotopic (exact) mass is 768 g/mol. The molecule has 0 amide bonds. The molecular weight excluding hydrogens is 723 g/mol. The molecule has 2 aromatic heterocycles. The van der Waals surface area contributed by atoms with Crippen molar-refractivity contribution in [3.8, 4) is 51.3 Å². The van der Waals surface area contributed by atoms with Crippen LogP contribution in [0.25, 0.3) is 22.5 Å². The molecule has 5 aromatic rings. The second kappa shape index (κ2) is 20.0. The molecule has 1 aliphatic heterocycles. The zero-order chi connectivity index (χ0) is 34.2. The third-order valence-electron chi connectivity index (χ3n) is 9.15. The Morgan fingerprint density at radius 1 is 0.635 bits per heavy atom. The first-order chi connectivity index (χ1) is 24.0. The van der Waals surface area contributed by atoms with Crippen molar-refractivity contribution in [2.45, 2.75) is 32.0 Å². The molecule has 12 heteroatoms. The standard InChI is InChI=1S/C40H44N4O5.3ClH/c1-45-33-12-10-31(11-13-33)44(27-29-15-18-41-35(22-29)30-24-38(47-3)40(49-5)39(25-30)48-4)32-16-20-43(21-17-32)26-28-14-19-42-36(23-28)34-8-6-7-9-37(34)46-2;;;/h6-15,18-19,22-25,32H,16-17,20-21,26-27H2,1-5H3;3*1H. The molecule has 0 radical (unpaired) electrons. The molecule has 0 spiro atoms. The van der Waals surface area contributed by atoms with Crippen LogP contribution in [0.15, 0.2) is 97.3 Å². The van der Waals surface area contributed by atoms with Gasteiger partial charge in [0.25, 0.3) is 0 Å². The molecule has 0 bridgehead atoms. The number of rotatable bonds is 13. The number of para-hydroxylation sites is 1. The Hall–Kier alpha value is -4.41. The number of aromatic nitrogens is 2. The molecule has 0 atom stereocenters. The van der Waals surface area contributed by atoms with Crippen LogP contribution in [0.2, 0.25) is 0 Å². The van der Waals surface area contributed by atoms with Crippen molar-refractivity contribution >= 4 is 42.9 Å². The van der Waals surface area contributed by atoms with E-state index in [1.807, 2.05) is 54.9 Å². The first kappa shape index (κ1) is 42.0. The summed E-state index contributed by atoms with van der Waals surface area (Å²) in [5, 5.41) is 0. The minimum atomic E-state index is 0. The summed E-state index contributed by atoms with van der Waals surface area (Å²) in [6, 6.07) is 29.2. The first-order valence-corrected chi connectivity index (χ1v) is 16.5. The molecule has 1 fully saturated rings. The lowest BCUT2D eigenvalue weighted by Crippen LogP contribution is -2.44. The minimum Gasteiger partial charge on any atom is -0.497 e. The number of anilines is 1. The van der Waals surface area contributed by atoms with Crippen LogP contribution in [0.1, 0.15) is 24.0 Å². The van der Waals surface area contributed by atoms with E-state index in [1.54, 1.807) is 35.5 Å². The lowest BCUT2D eigenvalue weighted by Gasteiger charge is -2.40. The van der Waals surface area contributed by atoms with Gasteiger partial charge in [-0.1, -0.05) is 12.1 Å². The fourth-order valence-electron chi connectivity index (χ4n) is 6.58. The fraction of sp³-hybridized carbons (Fsp3) is 0.300. The molecule has 3 heterocycles. The molecule has 1 saturated heterocycles. The van der Waals surface area contributed by atoms with Crippen molar-refractivity contribution in [2.75, 3.05) is 53.5 Å². The molecule has 1 aliphatic rings. The molecule has 0 saturated carbocycles. The zero-order valence-corrected chi connectivity index (χ0v) is 32.6. The predicted octanol–water partition coefficient (Wildman–Crippen LogP) is 8.79. The number of benzene rings is 3. The number of pyridine rings is 2. The largest absolute Gasteiger partial charge is 0.497 e. The second-order valence-electron chi connectivity index (χ2n) is 12.0. The van der Waals surface area contributed by atoms with Gasteiger partial charge in [0, 0.05) is 61.4 Å². The van der Waals surface area contributed by atoms with E-state index in [0.717, 1.165) is 78.6 Å². The van der Waals surface area contributed by atoms with Crippen LogP contribution in [0.3, 0.4) is 0 Å². The molecular formula is C40H47Cl3N4O5. The van der Waals surface area contributed by atoms with Gasteiger partial charge in [-0.2, -0.15) is 0 Å². The third-order valence-corrected chi connectivity index (χ3v) is 9.15. The molecule has 0 unspecified atom stereocenters. The summed E-state index contributed by atoms with van der Waals surface area (Å²) in [6.45, 7) is 3.61. The molecule has 3 aromatic carbocycles. The quantitative estimate of drug-likeness (QED) is 0.117. The Labute approximate surface area is 325 Å². The summed E-state index contributed by atoms with van der Waals surface area (Å²) in [5.41, 5.74) is 7.25. The van der Waals surface area contributed by atoms with Gasteiger partial charge >= 0.3 is 0 Å². The molecule has 52 heavy (non-hydrogen) atoms. The maximum absolute atomic E-state index is 5.61. The van der Waals surface area contributed by atoms with E-state index >= 15 is 0 Å². The first-order valence-electron chi connectivity index (χ1n) is 16.5. The lowest BCUT2D eigenvalue weighted by molar-refractivity contribution is 0.201. The third kappa shape index (κ3) is 9.72. The number of halogens is 3. The molecule has 0 N–H and O–H groups in total. The number of piperidine rings is 1. The van der Waals surface area contributed by atoms with E-state index in [4.69, 9.17) is 28.7 Å².